The van der Waals surface area contributed by atoms with Gasteiger partial charge in [-0.15, -0.1) is 0 Å². The van der Waals surface area contributed by atoms with Gasteiger partial charge >= 0.3 is 0 Å². The van der Waals surface area contributed by atoms with Crippen LogP contribution in [0.4, 0.5) is 5.69 Å². The van der Waals surface area contributed by atoms with Gasteiger partial charge in [-0.3, -0.25) is 4.79 Å². The second-order valence-electron chi connectivity index (χ2n) is 11.0. The van der Waals surface area contributed by atoms with Crippen LogP contribution in [0.3, 0.4) is 0 Å². The average molecular weight is 515 g/mol. The molecule has 2 aliphatic carbocycles. The molecule has 200 valence electrons. The highest BCUT2D eigenvalue weighted by Crippen LogP contribution is 2.28. The van der Waals surface area contributed by atoms with Crippen LogP contribution in [-0.2, 0) is 17.9 Å². The third kappa shape index (κ3) is 6.66. The fourth-order valence-corrected chi connectivity index (χ4v) is 5.65. The van der Waals surface area contributed by atoms with E-state index in [0.29, 0.717) is 29.1 Å². The van der Waals surface area contributed by atoms with Crippen LogP contribution >= 0.6 is 0 Å². The molecule has 2 fully saturated rings. The number of carbonyl (C=O) groups excluding carboxylic acids is 1. The van der Waals surface area contributed by atoms with Crippen molar-refractivity contribution in [2.75, 3.05) is 6.54 Å². The van der Waals surface area contributed by atoms with Gasteiger partial charge in [-0.25, -0.2) is 9.83 Å². The molecule has 5 rings (SSSR count). The number of nitrogens with zero attached hydrogens (tertiary/aromatic N) is 3. The third-order valence-corrected chi connectivity index (χ3v) is 8.01. The van der Waals surface area contributed by atoms with Crippen LogP contribution in [0, 0.1) is 18.4 Å². The number of benzene rings is 2. The number of rotatable bonds is 9. The van der Waals surface area contributed by atoms with Gasteiger partial charge in [-0.1, -0.05) is 32.3 Å². The minimum absolute atomic E-state index is 0.0253. The maximum absolute atomic E-state index is 12.9. The van der Waals surface area contributed by atoms with E-state index in [2.05, 4.69) is 17.1 Å². The number of ether oxygens (including phenoxy) is 2. The molecule has 1 heterocycles. The Bertz CT molecular complexity index is 1260. The van der Waals surface area contributed by atoms with Gasteiger partial charge in [-0.05, 0) is 86.8 Å². The lowest BCUT2D eigenvalue weighted by Gasteiger charge is -2.26. The topological polar surface area (TPSA) is 69.7 Å². The first-order chi connectivity index (χ1) is 18.6. The Morgan fingerprint density at radius 3 is 2.50 bits per heavy atom. The van der Waals surface area contributed by atoms with Crippen molar-refractivity contribution in [2.24, 2.45) is 11.8 Å². The monoisotopic (exact) mass is 514 g/mol. The molecule has 0 atom stereocenters. The Morgan fingerprint density at radius 2 is 1.76 bits per heavy atom. The number of aromatic nitrogens is 2. The Balaban J connectivity index is 1.24. The van der Waals surface area contributed by atoms with E-state index in [-0.39, 0.29) is 19.1 Å². The highest BCUT2D eigenvalue weighted by atomic mass is 16.5. The summed E-state index contributed by atoms with van der Waals surface area (Å²) < 4.78 is 14.1. The zero-order valence-electron chi connectivity index (χ0n) is 22.3. The van der Waals surface area contributed by atoms with Gasteiger partial charge in [0.1, 0.15) is 30.5 Å². The number of carbonyl (C=O) groups is 1. The van der Waals surface area contributed by atoms with Crippen LogP contribution < -0.4 is 14.8 Å². The predicted octanol–water partition coefficient (Wildman–Crippen LogP) is 6.82. The highest BCUT2D eigenvalue weighted by molar-refractivity contribution is 5.83. The summed E-state index contributed by atoms with van der Waals surface area (Å²) >= 11 is 0. The van der Waals surface area contributed by atoms with Gasteiger partial charge in [0.2, 0.25) is 5.91 Å². The van der Waals surface area contributed by atoms with Crippen LogP contribution in [0.1, 0.15) is 70.5 Å². The van der Waals surface area contributed by atoms with Crippen molar-refractivity contribution in [3.8, 4) is 11.5 Å². The van der Waals surface area contributed by atoms with E-state index in [1.807, 2.05) is 34.9 Å². The molecular weight excluding hydrogens is 476 g/mol. The first kappa shape index (κ1) is 26.1. The van der Waals surface area contributed by atoms with Crippen LogP contribution in [0.25, 0.3) is 15.9 Å². The fraction of sp³-hybridized carbons (Fsp3) is 0.516. The third-order valence-electron chi connectivity index (χ3n) is 8.01. The first-order valence-electron chi connectivity index (χ1n) is 14.1. The highest BCUT2D eigenvalue weighted by Gasteiger charge is 2.20. The molecule has 38 heavy (non-hydrogen) atoms. The van der Waals surface area contributed by atoms with Gasteiger partial charge in [0, 0.05) is 6.54 Å². The predicted molar refractivity (Wildman–Crippen MR) is 148 cm³/mol. The number of hydrogen-bond donors (Lipinski definition) is 1. The van der Waals surface area contributed by atoms with Crippen LogP contribution in [-0.4, -0.2) is 28.1 Å². The van der Waals surface area contributed by atoms with E-state index >= 15 is 0 Å². The summed E-state index contributed by atoms with van der Waals surface area (Å²) in [6.45, 7) is 10.8. The number of imidazole rings is 1. The van der Waals surface area contributed by atoms with E-state index in [1.54, 1.807) is 12.1 Å². The number of fused-ring (bicyclic) bond motifs is 1. The molecule has 1 N–H and O–H groups in total. The largest absolute Gasteiger partial charge is 0.490 e. The molecule has 2 saturated carbocycles. The molecule has 0 bridgehead atoms. The fourth-order valence-electron chi connectivity index (χ4n) is 5.65. The van der Waals surface area contributed by atoms with Crippen LogP contribution in [0.2, 0.25) is 0 Å². The van der Waals surface area contributed by atoms with Crippen molar-refractivity contribution in [3.05, 3.63) is 59.7 Å². The Labute approximate surface area is 225 Å². The summed E-state index contributed by atoms with van der Waals surface area (Å²) in [6, 6.07) is 13.1. The van der Waals surface area contributed by atoms with E-state index in [9.17, 15) is 4.79 Å². The molecule has 0 spiro atoms. The van der Waals surface area contributed by atoms with E-state index in [1.165, 1.54) is 44.9 Å². The van der Waals surface area contributed by atoms with Crippen molar-refractivity contribution in [1.29, 1.82) is 0 Å². The zero-order chi connectivity index (χ0) is 26.3. The van der Waals surface area contributed by atoms with E-state index in [4.69, 9.17) is 21.0 Å². The molecule has 7 nitrogen and oxygen atoms in total. The smallest absolute Gasteiger partial charge is 0.240 e. The van der Waals surface area contributed by atoms with E-state index in [0.717, 1.165) is 42.3 Å². The minimum Gasteiger partial charge on any atom is -0.490 e. The zero-order valence-corrected chi connectivity index (χ0v) is 22.3. The summed E-state index contributed by atoms with van der Waals surface area (Å²) in [7, 11) is 0. The average Bonchev–Trinajstić information content (AvgIpc) is 3.29. The molecule has 0 unspecified atom stereocenters. The van der Waals surface area contributed by atoms with Crippen molar-refractivity contribution in [1.82, 2.24) is 14.9 Å². The summed E-state index contributed by atoms with van der Waals surface area (Å²) in [4.78, 5) is 21.2. The summed E-state index contributed by atoms with van der Waals surface area (Å²) in [6.07, 6.45) is 11.2. The van der Waals surface area contributed by atoms with Crippen molar-refractivity contribution < 1.29 is 14.3 Å². The maximum Gasteiger partial charge on any atom is 0.240 e. The maximum atomic E-state index is 12.9. The second-order valence-corrected chi connectivity index (χ2v) is 11.0. The molecule has 3 aromatic rings. The molecule has 0 aliphatic heterocycles. The molecule has 0 radical (unpaired) electrons. The number of hydrogen-bond acceptors (Lipinski definition) is 4. The SMILES string of the molecule is [C-]#[N+]c1ccc2c(c1)nc(COc1ccc(OC3CCCCC3)cc1)n2CC(=O)NCC1CCC(C)CC1. The van der Waals surface area contributed by atoms with Crippen molar-refractivity contribution in [2.45, 2.75) is 84.0 Å². The Hall–Kier alpha value is -3.53. The first-order valence-corrected chi connectivity index (χ1v) is 14.1. The van der Waals surface area contributed by atoms with Gasteiger partial charge < -0.3 is 19.4 Å². The van der Waals surface area contributed by atoms with Gasteiger partial charge in [0.15, 0.2) is 5.69 Å². The number of nitrogens with one attached hydrogen (secondary N) is 1. The summed E-state index contributed by atoms with van der Waals surface area (Å²) in [5.41, 5.74) is 2.05. The quantitative estimate of drug-likeness (QED) is 0.318. The molecular formula is C31H38N4O3. The number of amides is 1. The summed E-state index contributed by atoms with van der Waals surface area (Å²) in [5.74, 6) is 3.57. The Kier molecular flexibility index (Phi) is 8.47. The molecule has 2 aliphatic rings. The van der Waals surface area contributed by atoms with Crippen LogP contribution in [0.5, 0.6) is 11.5 Å². The molecule has 0 saturated heterocycles. The minimum atomic E-state index is -0.0253. The Morgan fingerprint density at radius 1 is 1.03 bits per heavy atom. The normalized spacial score (nSPS) is 20.1. The van der Waals surface area contributed by atoms with E-state index < -0.39 is 0 Å². The van der Waals surface area contributed by atoms with Gasteiger partial charge in [-0.2, -0.15) is 0 Å². The second kappa shape index (κ2) is 12.3. The van der Waals surface area contributed by atoms with Gasteiger partial charge in [0.05, 0.1) is 23.7 Å². The molecule has 1 amide bonds. The molecule has 7 heteroatoms. The van der Waals surface area contributed by atoms with Crippen molar-refractivity contribution in [3.63, 3.8) is 0 Å². The lowest BCUT2D eigenvalue weighted by molar-refractivity contribution is -0.121. The lowest BCUT2D eigenvalue weighted by atomic mass is 9.83. The standard InChI is InChI=1S/C31H38N4O3/c1-22-8-10-23(11-9-22)19-33-31(36)20-35-29-17-12-24(32-2)18-28(29)34-30(35)21-37-25-13-15-27(16-14-25)38-26-6-4-3-5-7-26/h12-18,22-23,26H,3-11,19-21H2,1H3,(H,33,36). The lowest BCUT2D eigenvalue weighted by Crippen LogP contribution is -2.33. The molecule has 2 aromatic carbocycles. The molecule has 1 aromatic heterocycles. The van der Waals surface area contributed by atoms with Crippen LogP contribution in [0.15, 0.2) is 42.5 Å². The summed E-state index contributed by atoms with van der Waals surface area (Å²) in [5, 5.41) is 3.14. The van der Waals surface area contributed by atoms with Gasteiger partial charge in [0.25, 0.3) is 0 Å². The van der Waals surface area contributed by atoms with Crippen molar-refractivity contribution >= 4 is 22.6 Å².